The molecule has 1 rings (SSSR count). The molecule has 0 heterocycles. The fourth-order valence-electron chi connectivity index (χ4n) is 1.39. The van der Waals surface area contributed by atoms with Crippen LogP contribution in [0.15, 0.2) is 18.2 Å². The predicted octanol–water partition coefficient (Wildman–Crippen LogP) is 4.45. The Kier molecular flexibility index (Phi) is 7.08. The zero-order valence-electron chi connectivity index (χ0n) is 9.78. The second-order valence-electron chi connectivity index (χ2n) is 3.83. The number of aliphatic carboxylic acids is 1. The third-order valence-corrected chi connectivity index (χ3v) is 3.48. The largest absolute Gasteiger partial charge is 0.479 e. The molecule has 2 unspecified atom stereocenters. The monoisotopic (exact) mass is 344 g/mol. The van der Waals surface area contributed by atoms with Gasteiger partial charge < -0.3 is 9.84 Å². The Morgan fingerprint density at radius 2 is 2.05 bits per heavy atom. The molecule has 106 valence electrons. The minimum absolute atomic E-state index is 0.141. The van der Waals surface area contributed by atoms with Gasteiger partial charge >= 0.3 is 5.97 Å². The zero-order chi connectivity index (χ0) is 14.4. The molecule has 0 radical (unpaired) electrons. The number of hydrogen-bond acceptors (Lipinski definition) is 2. The first-order valence-electron chi connectivity index (χ1n) is 5.48. The lowest BCUT2D eigenvalue weighted by molar-refractivity contribution is -0.145. The van der Waals surface area contributed by atoms with Crippen LogP contribution >= 0.6 is 46.4 Å². The second kappa shape index (κ2) is 8.05. The summed E-state index contributed by atoms with van der Waals surface area (Å²) in [5, 5.41) is 9.44. The van der Waals surface area contributed by atoms with E-state index in [4.69, 9.17) is 56.2 Å². The van der Waals surface area contributed by atoms with Crippen molar-refractivity contribution in [3.8, 4) is 5.75 Å². The molecule has 2 atom stereocenters. The highest BCUT2D eigenvalue weighted by atomic mass is 35.5. The molecule has 19 heavy (non-hydrogen) atoms. The van der Waals surface area contributed by atoms with E-state index in [0.717, 1.165) is 0 Å². The van der Waals surface area contributed by atoms with Crippen molar-refractivity contribution < 1.29 is 14.6 Å². The van der Waals surface area contributed by atoms with Crippen LogP contribution in [0.5, 0.6) is 5.75 Å². The van der Waals surface area contributed by atoms with Crippen molar-refractivity contribution >= 4 is 52.4 Å². The summed E-state index contributed by atoms with van der Waals surface area (Å²) in [5.41, 5.74) is 0. The van der Waals surface area contributed by atoms with Crippen molar-refractivity contribution in [2.24, 2.45) is 0 Å². The van der Waals surface area contributed by atoms with E-state index in [1.165, 1.54) is 12.1 Å². The third-order valence-electron chi connectivity index (χ3n) is 2.33. The topological polar surface area (TPSA) is 46.5 Å². The first-order chi connectivity index (χ1) is 8.93. The number of ether oxygens (including phenoxy) is 1. The van der Waals surface area contributed by atoms with Crippen LogP contribution in [0.4, 0.5) is 0 Å². The van der Waals surface area contributed by atoms with Crippen LogP contribution in [0.2, 0.25) is 10.0 Å². The third kappa shape index (κ3) is 5.65. The van der Waals surface area contributed by atoms with Gasteiger partial charge in [0.15, 0.2) is 6.10 Å². The van der Waals surface area contributed by atoms with Gasteiger partial charge in [-0.25, -0.2) is 4.79 Å². The maximum absolute atomic E-state index is 11.1. The summed E-state index contributed by atoms with van der Waals surface area (Å²) in [5.74, 6) is -0.484. The number of carbonyl (C=O) groups is 1. The van der Waals surface area contributed by atoms with Gasteiger partial charge in [0.1, 0.15) is 5.75 Å². The molecule has 0 saturated heterocycles. The van der Waals surface area contributed by atoms with Crippen molar-refractivity contribution in [1.82, 2.24) is 0 Å². The number of hydrogen-bond donors (Lipinski definition) is 1. The molecule has 0 fully saturated rings. The molecule has 0 aliphatic rings. The molecule has 1 aromatic rings. The van der Waals surface area contributed by atoms with Gasteiger partial charge in [0.2, 0.25) is 0 Å². The summed E-state index contributed by atoms with van der Waals surface area (Å²) in [7, 11) is 0. The van der Waals surface area contributed by atoms with Crippen molar-refractivity contribution in [1.29, 1.82) is 0 Å². The van der Waals surface area contributed by atoms with E-state index >= 15 is 0 Å². The zero-order valence-corrected chi connectivity index (χ0v) is 12.8. The Bertz CT molecular complexity index is 439. The fourth-order valence-corrected chi connectivity index (χ4v) is 2.49. The SMILES string of the molecule is O=C(O)C(CC(Cl)CCCl)Oc1ccc(Cl)cc1Cl. The smallest absolute Gasteiger partial charge is 0.344 e. The molecule has 0 bridgehead atoms. The minimum Gasteiger partial charge on any atom is -0.479 e. The lowest BCUT2D eigenvalue weighted by Crippen LogP contribution is -2.30. The lowest BCUT2D eigenvalue weighted by atomic mass is 10.1. The van der Waals surface area contributed by atoms with E-state index in [-0.39, 0.29) is 22.6 Å². The average molecular weight is 346 g/mol. The van der Waals surface area contributed by atoms with Gasteiger partial charge in [-0.3, -0.25) is 0 Å². The number of halogens is 4. The van der Waals surface area contributed by atoms with E-state index < -0.39 is 12.1 Å². The normalized spacial score (nSPS) is 13.9. The average Bonchev–Trinajstić information content (AvgIpc) is 2.31. The van der Waals surface area contributed by atoms with E-state index in [9.17, 15) is 4.79 Å². The van der Waals surface area contributed by atoms with Gasteiger partial charge in [-0.1, -0.05) is 23.2 Å². The van der Waals surface area contributed by atoms with Crippen LogP contribution < -0.4 is 4.74 Å². The molecular weight excluding hydrogens is 334 g/mol. The molecule has 3 nitrogen and oxygen atoms in total. The minimum atomic E-state index is -1.11. The van der Waals surface area contributed by atoms with Crippen LogP contribution in [0.25, 0.3) is 0 Å². The number of benzene rings is 1. The first kappa shape index (κ1) is 16.7. The molecule has 0 aliphatic carbocycles. The summed E-state index contributed by atoms with van der Waals surface area (Å²) in [6, 6.07) is 4.57. The van der Waals surface area contributed by atoms with Crippen LogP contribution in [0.3, 0.4) is 0 Å². The molecular formula is C12H12Cl4O3. The van der Waals surface area contributed by atoms with Crippen LogP contribution in [-0.4, -0.2) is 28.4 Å². The van der Waals surface area contributed by atoms with Crippen LogP contribution in [0, 0.1) is 0 Å². The predicted molar refractivity (Wildman–Crippen MR) is 78.1 cm³/mol. The number of carboxylic acid groups (broad SMARTS) is 1. The number of carboxylic acids is 1. The van der Waals surface area contributed by atoms with Crippen molar-refractivity contribution in [3.63, 3.8) is 0 Å². The molecule has 0 saturated carbocycles. The number of alkyl halides is 2. The fraction of sp³-hybridized carbons (Fsp3) is 0.417. The maximum atomic E-state index is 11.1. The van der Waals surface area contributed by atoms with Gasteiger partial charge in [-0.2, -0.15) is 0 Å². The molecule has 7 heteroatoms. The van der Waals surface area contributed by atoms with Crippen molar-refractivity contribution in [3.05, 3.63) is 28.2 Å². The van der Waals surface area contributed by atoms with Crippen molar-refractivity contribution in [2.75, 3.05) is 5.88 Å². The Hall–Kier alpha value is -0.350. The molecule has 1 aromatic carbocycles. The molecule has 0 aromatic heterocycles. The van der Waals surface area contributed by atoms with Gasteiger partial charge in [-0.05, 0) is 24.6 Å². The molecule has 0 spiro atoms. The Labute approximate surface area is 131 Å². The van der Waals surface area contributed by atoms with E-state index in [1.807, 2.05) is 0 Å². The molecule has 0 amide bonds. The Balaban J connectivity index is 2.75. The molecule has 0 aliphatic heterocycles. The summed E-state index contributed by atoms with van der Waals surface area (Å²) in [6.07, 6.45) is -0.433. The van der Waals surface area contributed by atoms with Gasteiger partial charge in [0.05, 0.1) is 5.02 Å². The highest BCUT2D eigenvalue weighted by Crippen LogP contribution is 2.29. The standard InChI is InChI=1S/C12H12Cl4O3/c13-4-3-8(15)6-11(12(17)18)19-10-2-1-7(14)5-9(10)16/h1-2,5,8,11H,3-4,6H2,(H,17,18). The van der Waals surface area contributed by atoms with Gasteiger partial charge in [0, 0.05) is 22.7 Å². The van der Waals surface area contributed by atoms with Gasteiger partial charge in [0.25, 0.3) is 0 Å². The first-order valence-corrected chi connectivity index (χ1v) is 7.21. The van der Waals surface area contributed by atoms with E-state index in [0.29, 0.717) is 17.3 Å². The summed E-state index contributed by atoms with van der Waals surface area (Å²) in [4.78, 5) is 11.1. The Morgan fingerprint density at radius 3 is 2.58 bits per heavy atom. The highest BCUT2D eigenvalue weighted by Gasteiger charge is 2.24. The van der Waals surface area contributed by atoms with E-state index in [1.54, 1.807) is 6.07 Å². The summed E-state index contributed by atoms with van der Waals surface area (Å²) in [6.45, 7) is 0. The molecule has 1 N–H and O–H groups in total. The maximum Gasteiger partial charge on any atom is 0.344 e. The number of rotatable bonds is 7. The van der Waals surface area contributed by atoms with Crippen molar-refractivity contribution in [2.45, 2.75) is 24.3 Å². The van der Waals surface area contributed by atoms with E-state index in [2.05, 4.69) is 0 Å². The second-order valence-corrected chi connectivity index (χ2v) is 5.67. The van der Waals surface area contributed by atoms with Gasteiger partial charge in [-0.15, -0.1) is 23.2 Å². The summed E-state index contributed by atoms with van der Waals surface area (Å²) >= 11 is 23.2. The highest BCUT2D eigenvalue weighted by molar-refractivity contribution is 6.35. The lowest BCUT2D eigenvalue weighted by Gasteiger charge is -2.18. The quantitative estimate of drug-likeness (QED) is 0.742. The van der Waals surface area contributed by atoms with Crippen LogP contribution in [-0.2, 0) is 4.79 Å². The summed E-state index contributed by atoms with van der Waals surface area (Å²) < 4.78 is 5.36. The van der Waals surface area contributed by atoms with Crippen LogP contribution in [0.1, 0.15) is 12.8 Å². The Morgan fingerprint density at radius 1 is 1.37 bits per heavy atom.